The summed E-state index contributed by atoms with van der Waals surface area (Å²) in [7, 11) is 1.95. The van der Waals surface area contributed by atoms with E-state index in [9.17, 15) is 0 Å². The van der Waals surface area contributed by atoms with Gasteiger partial charge in [-0.2, -0.15) is 0 Å². The Morgan fingerprint density at radius 3 is 2.61 bits per heavy atom. The molecule has 2 heterocycles. The fourth-order valence-corrected chi connectivity index (χ4v) is 2.98. The Kier molecular flexibility index (Phi) is 3.73. The highest BCUT2D eigenvalue weighted by molar-refractivity contribution is 7.15. The summed E-state index contributed by atoms with van der Waals surface area (Å²) in [5, 5.41) is 4.14. The van der Waals surface area contributed by atoms with Crippen LogP contribution in [-0.2, 0) is 12.0 Å². The lowest BCUT2D eigenvalue weighted by atomic mass is 9.91. The molecule has 18 heavy (non-hydrogen) atoms. The van der Waals surface area contributed by atoms with Gasteiger partial charge in [-0.15, -0.1) is 11.3 Å². The van der Waals surface area contributed by atoms with Gasteiger partial charge in [-0.3, -0.25) is 9.97 Å². The molecule has 0 aliphatic rings. The van der Waals surface area contributed by atoms with Crippen LogP contribution >= 0.6 is 11.3 Å². The van der Waals surface area contributed by atoms with E-state index >= 15 is 0 Å². The third-order valence-corrected chi connectivity index (χ3v) is 3.61. The van der Waals surface area contributed by atoms with Crippen LogP contribution in [0.1, 0.15) is 31.3 Å². The Bertz CT molecular complexity index is 514. The minimum atomic E-state index is 0.0448. The summed E-state index contributed by atoms with van der Waals surface area (Å²) < 4.78 is 0. The quantitative estimate of drug-likeness (QED) is 0.924. The number of nitrogens with one attached hydrogen (secondary N) is 1. The van der Waals surface area contributed by atoms with Gasteiger partial charge in [0.15, 0.2) is 0 Å². The van der Waals surface area contributed by atoms with Crippen molar-refractivity contribution in [2.24, 2.45) is 0 Å². The summed E-state index contributed by atoms with van der Waals surface area (Å²) in [5.41, 5.74) is 2.03. The lowest BCUT2D eigenvalue weighted by Gasteiger charge is -2.17. The largest absolute Gasteiger partial charge is 0.315 e. The molecule has 2 rings (SSSR count). The predicted molar refractivity (Wildman–Crippen MR) is 74.6 cm³/mol. The molecule has 4 nitrogen and oxygen atoms in total. The van der Waals surface area contributed by atoms with Crippen molar-refractivity contribution in [1.82, 2.24) is 20.3 Å². The Balaban J connectivity index is 2.46. The van der Waals surface area contributed by atoms with Crippen molar-refractivity contribution in [2.75, 3.05) is 7.05 Å². The number of aromatic nitrogens is 3. The second-order valence-corrected chi connectivity index (χ2v) is 6.25. The topological polar surface area (TPSA) is 50.7 Å². The third kappa shape index (κ3) is 2.73. The van der Waals surface area contributed by atoms with Crippen LogP contribution in [0.2, 0.25) is 0 Å². The van der Waals surface area contributed by atoms with E-state index in [-0.39, 0.29) is 5.41 Å². The molecule has 0 saturated heterocycles. The molecule has 0 unspecified atom stereocenters. The first-order chi connectivity index (χ1) is 8.52. The van der Waals surface area contributed by atoms with E-state index < -0.39 is 0 Å². The molecule has 96 valence electrons. The van der Waals surface area contributed by atoms with Gasteiger partial charge >= 0.3 is 0 Å². The highest BCUT2D eigenvalue weighted by atomic mass is 32.1. The fraction of sp³-hybridized carbons (Fsp3) is 0.462. The van der Waals surface area contributed by atoms with E-state index in [1.807, 2.05) is 7.05 Å². The summed E-state index contributed by atoms with van der Waals surface area (Å²) in [6.07, 6.45) is 5.13. The second kappa shape index (κ2) is 5.12. The molecule has 0 fully saturated rings. The summed E-state index contributed by atoms with van der Waals surface area (Å²) in [6, 6.07) is 0. The Labute approximate surface area is 112 Å². The van der Waals surface area contributed by atoms with Crippen LogP contribution in [0.15, 0.2) is 18.6 Å². The summed E-state index contributed by atoms with van der Waals surface area (Å²) in [6.45, 7) is 7.38. The maximum absolute atomic E-state index is 4.75. The van der Waals surface area contributed by atoms with E-state index in [0.29, 0.717) is 0 Å². The van der Waals surface area contributed by atoms with Crippen LogP contribution in [-0.4, -0.2) is 22.0 Å². The molecular weight excluding hydrogens is 244 g/mol. The first kappa shape index (κ1) is 13.1. The number of thiazole rings is 1. The number of hydrogen-bond donors (Lipinski definition) is 1. The standard InChI is InChI=1S/C13H18N4S/c1-13(2,3)11-10(8-14-4)18-12(17-11)9-7-15-5-6-16-9/h5-7,14H,8H2,1-4H3. The average Bonchev–Trinajstić information content (AvgIpc) is 2.75. The van der Waals surface area contributed by atoms with Crippen LogP contribution in [0.25, 0.3) is 10.7 Å². The van der Waals surface area contributed by atoms with Crippen LogP contribution < -0.4 is 5.32 Å². The van der Waals surface area contributed by atoms with Gasteiger partial charge in [0.05, 0.1) is 11.9 Å². The van der Waals surface area contributed by atoms with Crippen LogP contribution in [0.4, 0.5) is 0 Å². The molecule has 0 aliphatic carbocycles. The molecule has 0 aliphatic heterocycles. The van der Waals surface area contributed by atoms with Gasteiger partial charge in [-0.25, -0.2) is 4.98 Å². The van der Waals surface area contributed by atoms with Crippen molar-refractivity contribution < 1.29 is 0 Å². The molecule has 2 aromatic heterocycles. The molecule has 1 N–H and O–H groups in total. The molecule has 5 heteroatoms. The number of nitrogens with zero attached hydrogens (tertiary/aromatic N) is 3. The molecule has 0 aromatic carbocycles. The van der Waals surface area contributed by atoms with Crippen molar-refractivity contribution in [3.05, 3.63) is 29.2 Å². The summed E-state index contributed by atoms with van der Waals surface area (Å²) in [4.78, 5) is 14.4. The molecular formula is C13H18N4S. The Morgan fingerprint density at radius 2 is 2.06 bits per heavy atom. The first-order valence-corrected chi connectivity index (χ1v) is 6.75. The molecule has 0 amide bonds. The van der Waals surface area contributed by atoms with E-state index in [1.54, 1.807) is 29.9 Å². The van der Waals surface area contributed by atoms with Crippen LogP contribution in [0, 0.1) is 0 Å². The fourth-order valence-electron chi connectivity index (χ4n) is 1.74. The first-order valence-electron chi connectivity index (χ1n) is 5.93. The lowest BCUT2D eigenvalue weighted by Crippen LogP contribution is -2.16. The second-order valence-electron chi connectivity index (χ2n) is 5.16. The summed E-state index contributed by atoms with van der Waals surface area (Å²) in [5.74, 6) is 0. The number of hydrogen-bond acceptors (Lipinski definition) is 5. The highest BCUT2D eigenvalue weighted by Gasteiger charge is 2.23. The molecule has 0 bridgehead atoms. The predicted octanol–water partition coefficient (Wildman–Crippen LogP) is 2.62. The molecule has 0 saturated carbocycles. The maximum atomic E-state index is 4.75. The van der Waals surface area contributed by atoms with Gasteiger partial charge in [0.25, 0.3) is 0 Å². The van der Waals surface area contributed by atoms with Crippen molar-refractivity contribution in [3.63, 3.8) is 0 Å². The Hall–Kier alpha value is -1.33. The maximum Gasteiger partial charge on any atom is 0.144 e. The van der Waals surface area contributed by atoms with E-state index in [0.717, 1.165) is 22.9 Å². The average molecular weight is 262 g/mol. The molecule has 0 spiro atoms. The zero-order valence-corrected chi connectivity index (χ0v) is 12.0. The SMILES string of the molecule is CNCc1sc(-c2cnccn2)nc1C(C)(C)C. The van der Waals surface area contributed by atoms with Crippen molar-refractivity contribution in [1.29, 1.82) is 0 Å². The molecule has 2 aromatic rings. The smallest absolute Gasteiger partial charge is 0.144 e. The van der Waals surface area contributed by atoms with Gasteiger partial charge in [-0.05, 0) is 7.05 Å². The van der Waals surface area contributed by atoms with Crippen molar-refractivity contribution in [3.8, 4) is 10.7 Å². The van der Waals surface area contributed by atoms with E-state index in [1.165, 1.54) is 4.88 Å². The van der Waals surface area contributed by atoms with E-state index in [2.05, 4.69) is 36.1 Å². The third-order valence-electron chi connectivity index (χ3n) is 2.53. The minimum Gasteiger partial charge on any atom is -0.315 e. The van der Waals surface area contributed by atoms with Gasteiger partial charge in [0.2, 0.25) is 0 Å². The normalized spacial score (nSPS) is 11.8. The molecule has 0 radical (unpaired) electrons. The van der Waals surface area contributed by atoms with Gasteiger partial charge in [-0.1, -0.05) is 20.8 Å². The molecule has 0 atom stereocenters. The van der Waals surface area contributed by atoms with E-state index in [4.69, 9.17) is 4.98 Å². The van der Waals surface area contributed by atoms with Gasteiger partial charge < -0.3 is 5.32 Å². The lowest BCUT2D eigenvalue weighted by molar-refractivity contribution is 0.563. The number of rotatable bonds is 3. The van der Waals surface area contributed by atoms with Crippen LogP contribution in [0.3, 0.4) is 0 Å². The monoisotopic (exact) mass is 262 g/mol. The van der Waals surface area contributed by atoms with Gasteiger partial charge in [0, 0.05) is 29.2 Å². The minimum absolute atomic E-state index is 0.0448. The van der Waals surface area contributed by atoms with Gasteiger partial charge in [0.1, 0.15) is 10.7 Å². The van der Waals surface area contributed by atoms with Crippen molar-refractivity contribution in [2.45, 2.75) is 32.7 Å². The Morgan fingerprint density at radius 1 is 1.28 bits per heavy atom. The zero-order valence-electron chi connectivity index (χ0n) is 11.2. The zero-order chi connectivity index (χ0) is 13.2. The summed E-state index contributed by atoms with van der Waals surface area (Å²) >= 11 is 1.69. The van der Waals surface area contributed by atoms with Crippen LogP contribution in [0.5, 0.6) is 0 Å². The van der Waals surface area contributed by atoms with Crippen molar-refractivity contribution >= 4 is 11.3 Å². The highest BCUT2D eigenvalue weighted by Crippen LogP contribution is 2.33.